The van der Waals surface area contributed by atoms with E-state index < -0.39 is 15.8 Å². The molecule has 0 aliphatic carbocycles. The quantitative estimate of drug-likeness (QED) is 0.789. The average Bonchev–Trinajstić information content (AvgIpc) is 3.16. The van der Waals surface area contributed by atoms with E-state index in [2.05, 4.69) is 5.32 Å². The number of hydrogen-bond acceptors (Lipinski definition) is 6. The van der Waals surface area contributed by atoms with Crippen LogP contribution in [0.3, 0.4) is 0 Å². The van der Waals surface area contributed by atoms with Crippen LogP contribution in [0, 0.1) is 5.92 Å². The lowest BCUT2D eigenvalue weighted by molar-refractivity contribution is -0.126. The minimum Gasteiger partial charge on any atom is -0.493 e. The van der Waals surface area contributed by atoms with Gasteiger partial charge in [-0.1, -0.05) is 0 Å². The molecule has 0 spiro atoms. The van der Waals surface area contributed by atoms with Crippen molar-refractivity contribution in [2.24, 2.45) is 5.92 Å². The first-order valence-electron chi connectivity index (χ1n) is 8.36. The van der Waals surface area contributed by atoms with E-state index in [1.165, 1.54) is 19.1 Å². The first-order valence-corrected chi connectivity index (χ1v) is 10.2. The van der Waals surface area contributed by atoms with Gasteiger partial charge in [0.25, 0.3) is 0 Å². The average molecular weight is 382 g/mol. The van der Waals surface area contributed by atoms with Crippen molar-refractivity contribution < 1.29 is 27.5 Å². The Morgan fingerprint density at radius 1 is 1.23 bits per heavy atom. The Balaban J connectivity index is 1.68. The molecule has 1 aromatic rings. The summed E-state index contributed by atoms with van der Waals surface area (Å²) in [6.45, 7) is 0.250. The molecule has 0 saturated carbocycles. The van der Waals surface area contributed by atoms with E-state index in [0.29, 0.717) is 23.6 Å². The third kappa shape index (κ3) is 3.77. The number of anilines is 1. The van der Waals surface area contributed by atoms with Crippen LogP contribution in [0.15, 0.2) is 18.2 Å². The number of hydrogen-bond donors (Lipinski definition) is 1. The monoisotopic (exact) mass is 382 g/mol. The SMILES string of the molecule is COc1ccc(N2CC(C(=O)NC3CCS(=O)(=O)C3)CC2=O)cc1OC. The van der Waals surface area contributed by atoms with Crippen LogP contribution >= 0.6 is 0 Å². The van der Waals surface area contributed by atoms with Crippen LogP contribution in [0.5, 0.6) is 11.5 Å². The van der Waals surface area contributed by atoms with Crippen molar-refractivity contribution in [3.63, 3.8) is 0 Å². The van der Waals surface area contributed by atoms with Gasteiger partial charge in [0.05, 0.1) is 31.6 Å². The number of amides is 2. The predicted octanol–water partition coefficient (Wildman–Crippen LogP) is 0.360. The topological polar surface area (TPSA) is 102 Å². The lowest BCUT2D eigenvalue weighted by Gasteiger charge is -2.19. The molecule has 26 heavy (non-hydrogen) atoms. The number of ether oxygens (including phenoxy) is 2. The fraction of sp³-hybridized carbons (Fsp3) is 0.529. The maximum atomic E-state index is 12.4. The van der Waals surface area contributed by atoms with Gasteiger partial charge in [0.1, 0.15) is 0 Å². The summed E-state index contributed by atoms with van der Waals surface area (Å²) in [5.74, 6) is 0.193. The number of nitrogens with one attached hydrogen (secondary N) is 1. The summed E-state index contributed by atoms with van der Waals surface area (Å²) >= 11 is 0. The van der Waals surface area contributed by atoms with Crippen LogP contribution in [0.1, 0.15) is 12.8 Å². The zero-order chi connectivity index (χ0) is 18.9. The van der Waals surface area contributed by atoms with Crippen LogP contribution in [-0.2, 0) is 19.4 Å². The molecule has 9 heteroatoms. The van der Waals surface area contributed by atoms with Crippen molar-refractivity contribution in [1.29, 1.82) is 0 Å². The molecule has 2 aliphatic rings. The van der Waals surface area contributed by atoms with Crippen molar-refractivity contribution in [2.45, 2.75) is 18.9 Å². The van der Waals surface area contributed by atoms with Crippen LogP contribution in [0.4, 0.5) is 5.69 Å². The minimum absolute atomic E-state index is 0.0290. The lowest BCUT2D eigenvalue weighted by atomic mass is 10.1. The molecule has 8 nitrogen and oxygen atoms in total. The van der Waals surface area contributed by atoms with Crippen molar-refractivity contribution >= 4 is 27.3 Å². The third-order valence-electron chi connectivity index (χ3n) is 4.75. The molecule has 2 amide bonds. The fourth-order valence-corrected chi connectivity index (χ4v) is 5.03. The molecule has 2 fully saturated rings. The van der Waals surface area contributed by atoms with E-state index in [4.69, 9.17) is 9.47 Å². The van der Waals surface area contributed by atoms with E-state index >= 15 is 0 Å². The van der Waals surface area contributed by atoms with Crippen LogP contribution in [0.25, 0.3) is 0 Å². The van der Waals surface area contributed by atoms with Gasteiger partial charge in [-0.05, 0) is 18.6 Å². The first-order chi connectivity index (χ1) is 12.3. The summed E-state index contributed by atoms with van der Waals surface area (Å²) in [5, 5.41) is 2.77. The van der Waals surface area contributed by atoms with Gasteiger partial charge in [0.2, 0.25) is 11.8 Å². The minimum atomic E-state index is -3.06. The molecule has 2 atom stereocenters. The van der Waals surface area contributed by atoms with E-state index in [-0.39, 0.29) is 42.3 Å². The van der Waals surface area contributed by atoms with E-state index in [0.717, 1.165) is 0 Å². The summed E-state index contributed by atoms with van der Waals surface area (Å²) in [7, 11) is -0.0182. The maximum absolute atomic E-state index is 12.4. The fourth-order valence-electron chi connectivity index (χ4n) is 3.35. The second kappa shape index (κ2) is 7.14. The molecule has 0 radical (unpaired) electrons. The number of rotatable bonds is 5. The Hall–Kier alpha value is -2.29. The Kier molecular flexibility index (Phi) is 5.08. The second-order valence-electron chi connectivity index (χ2n) is 6.55. The van der Waals surface area contributed by atoms with Gasteiger partial charge in [-0.2, -0.15) is 0 Å². The van der Waals surface area contributed by atoms with Gasteiger partial charge in [0.15, 0.2) is 21.3 Å². The molecule has 2 unspecified atom stereocenters. The Morgan fingerprint density at radius 3 is 2.58 bits per heavy atom. The molecule has 2 aliphatic heterocycles. The summed E-state index contributed by atoms with van der Waals surface area (Å²) in [5.41, 5.74) is 0.631. The number of nitrogens with zero attached hydrogens (tertiary/aromatic N) is 1. The summed E-state index contributed by atoms with van der Waals surface area (Å²) in [6.07, 6.45) is 0.522. The van der Waals surface area contributed by atoms with E-state index in [1.807, 2.05) is 0 Å². The molecule has 0 aromatic heterocycles. The van der Waals surface area contributed by atoms with Gasteiger partial charge in [-0.25, -0.2) is 8.42 Å². The highest BCUT2D eigenvalue weighted by atomic mass is 32.2. The maximum Gasteiger partial charge on any atom is 0.227 e. The molecule has 142 valence electrons. The van der Waals surface area contributed by atoms with Gasteiger partial charge < -0.3 is 19.7 Å². The summed E-state index contributed by atoms with van der Waals surface area (Å²) < 4.78 is 33.5. The Morgan fingerprint density at radius 2 is 1.96 bits per heavy atom. The van der Waals surface area contributed by atoms with Gasteiger partial charge >= 0.3 is 0 Å². The van der Waals surface area contributed by atoms with Crippen LogP contribution in [0.2, 0.25) is 0 Å². The standard InChI is InChI=1S/C17H22N2O6S/c1-24-14-4-3-13(8-15(14)25-2)19-9-11(7-16(19)20)17(21)18-12-5-6-26(22,23)10-12/h3-4,8,11-12H,5-7,9-10H2,1-2H3,(H,18,21). The van der Waals surface area contributed by atoms with Crippen molar-refractivity contribution in [3.8, 4) is 11.5 Å². The zero-order valence-electron chi connectivity index (χ0n) is 14.7. The number of carbonyl (C=O) groups is 2. The predicted molar refractivity (Wildman–Crippen MR) is 95.2 cm³/mol. The van der Waals surface area contributed by atoms with Crippen molar-refractivity contribution in [2.75, 3.05) is 37.2 Å². The number of methoxy groups -OCH3 is 2. The first kappa shape index (κ1) is 18.5. The molecule has 2 heterocycles. The van der Waals surface area contributed by atoms with Crippen molar-refractivity contribution in [3.05, 3.63) is 18.2 Å². The highest BCUT2D eigenvalue weighted by Crippen LogP contribution is 2.34. The number of sulfone groups is 1. The van der Waals surface area contributed by atoms with E-state index in [1.54, 1.807) is 18.2 Å². The molecule has 2 saturated heterocycles. The highest BCUT2D eigenvalue weighted by molar-refractivity contribution is 7.91. The smallest absolute Gasteiger partial charge is 0.227 e. The van der Waals surface area contributed by atoms with Gasteiger partial charge in [-0.15, -0.1) is 0 Å². The number of benzene rings is 1. The molecular weight excluding hydrogens is 360 g/mol. The number of carbonyl (C=O) groups excluding carboxylic acids is 2. The zero-order valence-corrected chi connectivity index (χ0v) is 15.5. The lowest BCUT2D eigenvalue weighted by Crippen LogP contribution is -2.40. The van der Waals surface area contributed by atoms with Crippen LogP contribution < -0.4 is 19.7 Å². The third-order valence-corrected chi connectivity index (χ3v) is 6.52. The van der Waals surface area contributed by atoms with Gasteiger partial charge in [0, 0.05) is 30.8 Å². The largest absolute Gasteiger partial charge is 0.493 e. The van der Waals surface area contributed by atoms with E-state index in [9.17, 15) is 18.0 Å². The van der Waals surface area contributed by atoms with Gasteiger partial charge in [-0.3, -0.25) is 9.59 Å². The van der Waals surface area contributed by atoms with Crippen molar-refractivity contribution in [1.82, 2.24) is 5.32 Å². The molecular formula is C17H22N2O6S. The summed E-state index contributed by atoms with van der Waals surface area (Å²) in [4.78, 5) is 26.3. The highest BCUT2D eigenvalue weighted by Gasteiger charge is 2.37. The molecule has 1 N–H and O–H groups in total. The normalized spacial score (nSPS) is 24.5. The molecule has 0 bridgehead atoms. The van der Waals surface area contributed by atoms with Crippen LogP contribution in [-0.4, -0.2) is 58.5 Å². The second-order valence-corrected chi connectivity index (χ2v) is 8.78. The molecule has 3 rings (SSSR count). The summed E-state index contributed by atoms with van der Waals surface area (Å²) in [6, 6.07) is 4.78. The molecule has 1 aromatic carbocycles. The Bertz CT molecular complexity index is 823. The Labute approximate surface area is 152 Å².